The van der Waals surface area contributed by atoms with Gasteiger partial charge in [-0.1, -0.05) is 96.0 Å². The number of carbonyl (C=O) groups is 3. The van der Waals surface area contributed by atoms with Crippen LogP contribution in [0.1, 0.15) is 100 Å². The molecule has 0 N–H and O–H groups in total. The second-order valence-corrected chi connectivity index (χ2v) is 18.2. The van der Waals surface area contributed by atoms with E-state index in [9.17, 15) is 14.4 Å². The van der Waals surface area contributed by atoms with Gasteiger partial charge < -0.3 is 18.9 Å². The third-order valence-electron chi connectivity index (χ3n) is 9.85. The van der Waals surface area contributed by atoms with E-state index in [1.54, 1.807) is 13.8 Å². The summed E-state index contributed by atoms with van der Waals surface area (Å²) in [5.41, 5.74) is 6.08. The summed E-state index contributed by atoms with van der Waals surface area (Å²) in [6.45, 7) is 19.4. The van der Waals surface area contributed by atoms with Crippen molar-refractivity contribution in [1.29, 1.82) is 0 Å². The predicted octanol–water partition coefficient (Wildman–Crippen LogP) is 14.4. The highest BCUT2D eigenvalue weighted by Crippen LogP contribution is 2.45. The maximum Gasteiger partial charge on any atom is 0.339 e. The summed E-state index contributed by atoms with van der Waals surface area (Å²) in [7, 11) is 0. The van der Waals surface area contributed by atoms with E-state index >= 15 is 0 Å². The Hall–Kier alpha value is -4.57. The van der Waals surface area contributed by atoms with E-state index in [0.717, 1.165) is 65.7 Å². The first kappa shape index (κ1) is 47.5. The molecular formula is C51H53BrCl2O7. The molecule has 320 valence electrons. The van der Waals surface area contributed by atoms with Crippen LogP contribution in [-0.4, -0.2) is 42.6 Å². The first-order chi connectivity index (χ1) is 28.8. The van der Waals surface area contributed by atoms with Crippen molar-refractivity contribution in [3.63, 3.8) is 0 Å². The van der Waals surface area contributed by atoms with Crippen molar-refractivity contribution < 1.29 is 33.3 Å². The molecule has 0 bridgehead atoms. The number of halogens is 3. The van der Waals surface area contributed by atoms with Crippen LogP contribution < -0.4 is 0 Å². The van der Waals surface area contributed by atoms with Gasteiger partial charge in [-0.25, -0.2) is 9.59 Å². The van der Waals surface area contributed by atoms with Crippen molar-refractivity contribution in [1.82, 2.24) is 0 Å². The van der Waals surface area contributed by atoms with Crippen molar-refractivity contribution >= 4 is 78.9 Å². The predicted molar refractivity (Wildman–Crippen MR) is 252 cm³/mol. The Labute approximate surface area is 377 Å². The molecule has 0 saturated heterocycles. The lowest BCUT2D eigenvalue weighted by molar-refractivity contribution is -0.167. The summed E-state index contributed by atoms with van der Waals surface area (Å²) in [5.74, 6) is -0.879. The molecule has 0 aliphatic rings. The highest BCUT2D eigenvalue weighted by Gasteiger charge is 2.35. The molecule has 0 saturated carbocycles. The van der Waals surface area contributed by atoms with Gasteiger partial charge in [-0.2, -0.15) is 0 Å². The molecule has 0 radical (unpaired) electrons. The van der Waals surface area contributed by atoms with Gasteiger partial charge in [0.25, 0.3) is 0 Å². The SMILES string of the molecule is CCOC(=O)C(OC(C)(C)C)c1c(C)c(Br)c2ccccc2c1-c1ccc(Cl)cc1.CCOC(=O)C(OC(C)(C)C)c1c(C)c(C=O)c2ccccc2c1-c1ccc(Cl)cc1. The molecule has 2 atom stereocenters. The lowest BCUT2D eigenvalue weighted by Gasteiger charge is -2.30. The van der Waals surface area contributed by atoms with Crippen molar-refractivity contribution in [3.05, 3.63) is 139 Å². The third kappa shape index (κ3) is 11.1. The maximum absolute atomic E-state index is 13.1. The lowest BCUT2D eigenvalue weighted by atomic mass is 9.84. The first-order valence-electron chi connectivity index (χ1n) is 20.2. The lowest BCUT2D eigenvalue weighted by Crippen LogP contribution is -2.30. The number of hydrogen-bond acceptors (Lipinski definition) is 7. The highest BCUT2D eigenvalue weighted by molar-refractivity contribution is 9.10. The summed E-state index contributed by atoms with van der Waals surface area (Å²) < 4.78 is 24.3. The quantitative estimate of drug-likeness (QED) is 0.0944. The van der Waals surface area contributed by atoms with Gasteiger partial charge in [0.2, 0.25) is 0 Å². The second kappa shape index (κ2) is 20.1. The molecule has 0 aliphatic heterocycles. The molecule has 0 heterocycles. The molecule has 7 nitrogen and oxygen atoms in total. The van der Waals surface area contributed by atoms with E-state index < -0.39 is 35.3 Å². The number of aldehydes is 1. The molecule has 0 spiro atoms. The Morgan fingerprint density at radius 3 is 1.33 bits per heavy atom. The second-order valence-electron chi connectivity index (χ2n) is 16.5. The van der Waals surface area contributed by atoms with Gasteiger partial charge in [0.15, 0.2) is 18.5 Å². The van der Waals surface area contributed by atoms with Crippen LogP contribution in [0.15, 0.2) is 102 Å². The third-order valence-corrected chi connectivity index (χ3v) is 11.4. The zero-order valence-electron chi connectivity index (χ0n) is 36.4. The fourth-order valence-corrected chi connectivity index (χ4v) is 8.23. The molecule has 2 unspecified atom stereocenters. The molecule has 0 aromatic heterocycles. The molecule has 10 heteroatoms. The van der Waals surface area contributed by atoms with Gasteiger partial charge in [0.1, 0.15) is 0 Å². The molecule has 0 aliphatic carbocycles. The Bertz CT molecular complexity index is 2540. The molecular weight excluding hydrogens is 875 g/mol. The van der Waals surface area contributed by atoms with Crippen LogP contribution in [0.2, 0.25) is 10.0 Å². The van der Waals surface area contributed by atoms with Crippen LogP contribution in [0, 0.1) is 13.8 Å². The van der Waals surface area contributed by atoms with Crippen LogP contribution in [-0.2, 0) is 28.5 Å². The normalized spacial score (nSPS) is 12.7. The minimum absolute atomic E-state index is 0.228. The largest absolute Gasteiger partial charge is 0.464 e. The number of hydrogen-bond donors (Lipinski definition) is 0. The van der Waals surface area contributed by atoms with Gasteiger partial charge in [-0.15, -0.1) is 0 Å². The van der Waals surface area contributed by atoms with E-state index in [1.807, 2.05) is 140 Å². The summed E-state index contributed by atoms with van der Waals surface area (Å²) in [6.07, 6.45) is -1.02. The topological polar surface area (TPSA) is 88.1 Å². The summed E-state index contributed by atoms with van der Waals surface area (Å²) in [5, 5.41) is 5.05. The number of fused-ring (bicyclic) bond motifs is 2. The fourth-order valence-electron chi connectivity index (χ4n) is 7.42. The van der Waals surface area contributed by atoms with Crippen LogP contribution in [0.4, 0.5) is 0 Å². The number of benzene rings is 6. The number of rotatable bonds is 11. The van der Waals surface area contributed by atoms with Crippen molar-refractivity contribution in [2.75, 3.05) is 13.2 Å². The fraction of sp³-hybridized carbons (Fsp3) is 0.314. The minimum Gasteiger partial charge on any atom is -0.464 e. The van der Waals surface area contributed by atoms with Crippen molar-refractivity contribution in [2.24, 2.45) is 0 Å². The molecule has 0 fully saturated rings. The number of carbonyl (C=O) groups excluding carboxylic acids is 3. The average Bonchev–Trinajstić information content (AvgIpc) is 3.21. The van der Waals surface area contributed by atoms with Crippen LogP contribution in [0.3, 0.4) is 0 Å². The van der Waals surface area contributed by atoms with E-state index in [4.69, 9.17) is 42.1 Å². The van der Waals surface area contributed by atoms with Gasteiger partial charge in [-0.3, -0.25) is 4.79 Å². The molecule has 6 aromatic rings. The van der Waals surface area contributed by atoms with Crippen LogP contribution >= 0.6 is 39.1 Å². The molecule has 6 rings (SSSR count). The van der Waals surface area contributed by atoms with Gasteiger partial charge in [-0.05, 0) is 164 Å². The highest BCUT2D eigenvalue weighted by atomic mass is 79.9. The van der Waals surface area contributed by atoms with Gasteiger partial charge in [0.05, 0.1) is 24.4 Å². The van der Waals surface area contributed by atoms with Crippen molar-refractivity contribution in [3.8, 4) is 22.3 Å². The maximum atomic E-state index is 13.1. The monoisotopic (exact) mass is 926 g/mol. The Morgan fingerprint density at radius 2 is 0.951 bits per heavy atom. The molecule has 0 amide bonds. The first-order valence-corrected chi connectivity index (χ1v) is 21.8. The zero-order chi connectivity index (χ0) is 44.8. The van der Waals surface area contributed by atoms with Crippen molar-refractivity contribution in [2.45, 2.75) is 92.6 Å². The Balaban J connectivity index is 0.000000231. The average molecular weight is 929 g/mol. The zero-order valence-corrected chi connectivity index (χ0v) is 39.5. The van der Waals surface area contributed by atoms with E-state index in [0.29, 0.717) is 26.7 Å². The summed E-state index contributed by atoms with van der Waals surface area (Å²) >= 11 is 16.0. The summed E-state index contributed by atoms with van der Waals surface area (Å²) in [4.78, 5) is 38.3. The molecule has 61 heavy (non-hydrogen) atoms. The van der Waals surface area contributed by atoms with E-state index in [2.05, 4.69) is 28.1 Å². The van der Waals surface area contributed by atoms with E-state index in [-0.39, 0.29) is 13.2 Å². The number of esters is 2. The smallest absolute Gasteiger partial charge is 0.339 e. The van der Waals surface area contributed by atoms with Gasteiger partial charge >= 0.3 is 11.9 Å². The van der Waals surface area contributed by atoms with Crippen LogP contribution in [0.25, 0.3) is 43.8 Å². The minimum atomic E-state index is -0.992. The van der Waals surface area contributed by atoms with Gasteiger partial charge in [0, 0.05) is 31.2 Å². The summed E-state index contributed by atoms with van der Waals surface area (Å²) in [6, 6.07) is 30.9. The number of ether oxygens (including phenoxy) is 4. The Morgan fingerprint density at radius 1 is 0.590 bits per heavy atom. The van der Waals surface area contributed by atoms with Crippen LogP contribution in [0.5, 0.6) is 0 Å². The molecule has 6 aromatic carbocycles. The standard InChI is InChI=1S/C26H27ClO4.C25H26BrClO3/c1-6-30-25(29)24(31-26(3,4)5)22-16(2)21(15-28)19-9-7-8-10-20(19)23(22)17-11-13-18(27)14-12-17;1-6-29-24(28)23(30-25(3,4)5)20-15(2)22(26)19-10-8-7-9-18(19)21(20)16-11-13-17(27)14-12-16/h7-15,24H,6H2,1-5H3;7-14,23H,6H2,1-5H3. The van der Waals surface area contributed by atoms with E-state index in [1.165, 1.54) is 0 Å². The Kier molecular flexibility index (Phi) is 15.6.